The third kappa shape index (κ3) is 4.14. The van der Waals surface area contributed by atoms with E-state index in [1.165, 1.54) is 6.08 Å². The summed E-state index contributed by atoms with van der Waals surface area (Å²) in [6.07, 6.45) is 5.55. The quantitative estimate of drug-likeness (QED) is 0.515. The van der Waals surface area contributed by atoms with Crippen LogP contribution in [0.15, 0.2) is 12.7 Å². The van der Waals surface area contributed by atoms with Crippen LogP contribution in [0.2, 0.25) is 0 Å². The Bertz CT molecular complexity index is 245. The van der Waals surface area contributed by atoms with E-state index in [0.29, 0.717) is 13.1 Å². The molecule has 0 aromatic rings. The standard InChI is InChI=1S/C11H18N2O2/c1-2-10(14)12-7-8-13-11(15)9-5-3-4-6-9/h2,9H,1,3-8H2,(H,12,14)(H,13,15). The van der Waals surface area contributed by atoms with Crippen molar-refractivity contribution in [3.05, 3.63) is 12.7 Å². The summed E-state index contributed by atoms with van der Waals surface area (Å²) in [6, 6.07) is 0. The minimum absolute atomic E-state index is 0.125. The van der Waals surface area contributed by atoms with E-state index in [1.807, 2.05) is 0 Å². The van der Waals surface area contributed by atoms with Crippen LogP contribution in [0.3, 0.4) is 0 Å². The molecule has 2 amide bonds. The average molecular weight is 210 g/mol. The highest BCUT2D eigenvalue weighted by molar-refractivity contribution is 5.86. The molecule has 0 atom stereocenters. The van der Waals surface area contributed by atoms with Crippen molar-refractivity contribution in [3.8, 4) is 0 Å². The lowest BCUT2D eigenvalue weighted by molar-refractivity contribution is -0.125. The molecule has 1 rings (SSSR count). The molecule has 84 valence electrons. The van der Waals surface area contributed by atoms with Crippen LogP contribution in [0, 0.1) is 5.92 Å². The number of nitrogens with one attached hydrogen (secondary N) is 2. The maximum Gasteiger partial charge on any atom is 0.243 e. The van der Waals surface area contributed by atoms with Gasteiger partial charge < -0.3 is 10.6 Å². The molecule has 0 spiro atoms. The minimum Gasteiger partial charge on any atom is -0.354 e. The number of carbonyl (C=O) groups excluding carboxylic acids is 2. The highest BCUT2D eigenvalue weighted by atomic mass is 16.2. The lowest BCUT2D eigenvalue weighted by Crippen LogP contribution is -2.36. The Morgan fingerprint density at radius 2 is 1.80 bits per heavy atom. The number of hydrogen-bond acceptors (Lipinski definition) is 2. The first-order valence-corrected chi connectivity index (χ1v) is 5.42. The molecule has 1 fully saturated rings. The van der Waals surface area contributed by atoms with Gasteiger partial charge in [-0.15, -0.1) is 0 Å². The van der Waals surface area contributed by atoms with Crippen molar-refractivity contribution in [2.24, 2.45) is 5.92 Å². The summed E-state index contributed by atoms with van der Waals surface area (Å²) >= 11 is 0. The van der Waals surface area contributed by atoms with E-state index in [-0.39, 0.29) is 17.7 Å². The Morgan fingerprint density at radius 3 is 2.40 bits per heavy atom. The summed E-state index contributed by atoms with van der Waals surface area (Å²) in [5.74, 6) is 0.116. The van der Waals surface area contributed by atoms with Crippen molar-refractivity contribution in [3.63, 3.8) is 0 Å². The van der Waals surface area contributed by atoms with Gasteiger partial charge in [0, 0.05) is 19.0 Å². The van der Waals surface area contributed by atoms with Gasteiger partial charge in [0.25, 0.3) is 0 Å². The van der Waals surface area contributed by atoms with Gasteiger partial charge in [0.15, 0.2) is 0 Å². The summed E-state index contributed by atoms with van der Waals surface area (Å²) in [4.78, 5) is 22.3. The van der Waals surface area contributed by atoms with E-state index in [0.717, 1.165) is 25.7 Å². The molecule has 15 heavy (non-hydrogen) atoms. The zero-order chi connectivity index (χ0) is 11.1. The minimum atomic E-state index is -0.204. The molecule has 1 aliphatic rings. The zero-order valence-corrected chi connectivity index (χ0v) is 8.92. The topological polar surface area (TPSA) is 58.2 Å². The Labute approximate surface area is 90.1 Å². The van der Waals surface area contributed by atoms with Gasteiger partial charge in [0.1, 0.15) is 0 Å². The normalized spacial score (nSPS) is 16.0. The van der Waals surface area contributed by atoms with Crippen molar-refractivity contribution in [1.29, 1.82) is 0 Å². The van der Waals surface area contributed by atoms with E-state index < -0.39 is 0 Å². The maximum atomic E-state index is 11.5. The fourth-order valence-corrected chi connectivity index (χ4v) is 1.78. The third-order valence-corrected chi connectivity index (χ3v) is 2.63. The molecule has 4 nitrogen and oxygen atoms in total. The molecule has 0 saturated heterocycles. The van der Waals surface area contributed by atoms with E-state index in [4.69, 9.17) is 0 Å². The smallest absolute Gasteiger partial charge is 0.243 e. The van der Waals surface area contributed by atoms with E-state index in [2.05, 4.69) is 17.2 Å². The Hall–Kier alpha value is -1.32. The first-order chi connectivity index (χ1) is 7.24. The van der Waals surface area contributed by atoms with Gasteiger partial charge in [-0.05, 0) is 18.9 Å². The fraction of sp³-hybridized carbons (Fsp3) is 0.636. The molecular weight excluding hydrogens is 192 g/mol. The Kier molecular flexibility index (Phi) is 4.87. The highest BCUT2D eigenvalue weighted by Crippen LogP contribution is 2.24. The molecule has 0 aliphatic heterocycles. The summed E-state index contributed by atoms with van der Waals surface area (Å²) in [6.45, 7) is 4.29. The summed E-state index contributed by atoms with van der Waals surface area (Å²) in [5.41, 5.74) is 0. The van der Waals surface area contributed by atoms with Crippen molar-refractivity contribution < 1.29 is 9.59 Å². The van der Waals surface area contributed by atoms with Crippen LogP contribution in [0.5, 0.6) is 0 Å². The number of carbonyl (C=O) groups is 2. The van der Waals surface area contributed by atoms with Gasteiger partial charge >= 0.3 is 0 Å². The highest BCUT2D eigenvalue weighted by Gasteiger charge is 2.21. The lowest BCUT2D eigenvalue weighted by Gasteiger charge is -2.10. The SMILES string of the molecule is C=CC(=O)NCCNC(=O)C1CCCC1. The molecule has 0 bridgehead atoms. The first-order valence-electron chi connectivity index (χ1n) is 5.42. The van der Waals surface area contributed by atoms with Crippen LogP contribution >= 0.6 is 0 Å². The second-order valence-electron chi connectivity index (χ2n) is 3.77. The number of amides is 2. The van der Waals surface area contributed by atoms with Gasteiger partial charge in [0.2, 0.25) is 11.8 Å². The Morgan fingerprint density at radius 1 is 1.20 bits per heavy atom. The van der Waals surface area contributed by atoms with Crippen molar-refractivity contribution in [2.45, 2.75) is 25.7 Å². The van der Waals surface area contributed by atoms with E-state index in [1.54, 1.807) is 0 Å². The Balaban J connectivity index is 2.06. The van der Waals surface area contributed by atoms with Crippen LogP contribution in [0.1, 0.15) is 25.7 Å². The molecule has 1 saturated carbocycles. The number of rotatable bonds is 5. The molecule has 0 unspecified atom stereocenters. The number of hydrogen-bond donors (Lipinski definition) is 2. The monoisotopic (exact) mass is 210 g/mol. The molecule has 4 heteroatoms. The molecule has 2 N–H and O–H groups in total. The third-order valence-electron chi connectivity index (χ3n) is 2.63. The van der Waals surface area contributed by atoms with Gasteiger partial charge in [0.05, 0.1) is 0 Å². The van der Waals surface area contributed by atoms with Gasteiger partial charge in [-0.1, -0.05) is 19.4 Å². The maximum absolute atomic E-state index is 11.5. The molecule has 0 heterocycles. The van der Waals surface area contributed by atoms with E-state index >= 15 is 0 Å². The van der Waals surface area contributed by atoms with Gasteiger partial charge in [-0.3, -0.25) is 9.59 Å². The molecule has 0 radical (unpaired) electrons. The average Bonchev–Trinajstić information content (AvgIpc) is 2.77. The largest absolute Gasteiger partial charge is 0.354 e. The van der Waals surface area contributed by atoms with Crippen LogP contribution in [-0.2, 0) is 9.59 Å². The predicted molar refractivity (Wildman–Crippen MR) is 58.2 cm³/mol. The van der Waals surface area contributed by atoms with Crippen molar-refractivity contribution in [1.82, 2.24) is 10.6 Å². The van der Waals surface area contributed by atoms with Crippen LogP contribution in [0.25, 0.3) is 0 Å². The fourth-order valence-electron chi connectivity index (χ4n) is 1.78. The molecular formula is C11H18N2O2. The lowest BCUT2D eigenvalue weighted by atomic mass is 10.1. The van der Waals surface area contributed by atoms with Crippen LogP contribution < -0.4 is 10.6 Å². The zero-order valence-electron chi connectivity index (χ0n) is 8.92. The molecule has 1 aliphatic carbocycles. The predicted octanol–water partition coefficient (Wildman–Crippen LogP) is 0.595. The second kappa shape index (κ2) is 6.22. The van der Waals surface area contributed by atoms with Crippen LogP contribution in [-0.4, -0.2) is 24.9 Å². The van der Waals surface area contributed by atoms with Gasteiger partial charge in [-0.25, -0.2) is 0 Å². The second-order valence-corrected chi connectivity index (χ2v) is 3.77. The summed E-state index contributed by atoms with van der Waals surface area (Å²) < 4.78 is 0. The van der Waals surface area contributed by atoms with Crippen molar-refractivity contribution in [2.75, 3.05) is 13.1 Å². The molecule has 0 aromatic heterocycles. The van der Waals surface area contributed by atoms with Crippen LogP contribution in [0.4, 0.5) is 0 Å². The molecule has 0 aromatic carbocycles. The van der Waals surface area contributed by atoms with Gasteiger partial charge in [-0.2, -0.15) is 0 Å². The van der Waals surface area contributed by atoms with E-state index in [9.17, 15) is 9.59 Å². The summed E-state index contributed by atoms with van der Waals surface area (Å²) in [5, 5.41) is 5.42. The first kappa shape index (κ1) is 11.8. The summed E-state index contributed by atoms with van der Waals surface area (Å²) in [7, 11) is 0. The van der Waals surface area contributed by atoms with Crippen molar-refractivity contribution >= 4 is 11.8 Å².